The molecule has 0 aliphatic carbocycles. The monoisotopic (exact) mass is 335 g/mol. The van der Waals surface area contributed by atoms with Gasteiger partial charge in [0, 0.05) is 15.9 Å². The van der Waals surface area contributed by atoms with Gasteiger partial charge in [-0.15, -0.1) is 11.6 Å². The van der Waals surface area contributed by atoms with Crippen LogP contribution < -0.4 is 4.74 Å². The molecule has 2 rings (SSSR count). The molecule has 2 nitrogen and oxygen atoms in total. The fourth-order valence-corrected chi connectivity index (χ4v) is 2.43. The topological polar surface area (TPSA) is 33.0 Å². The van der Waals surface area contributed by atoms with Crippen molar-refractivity contribution in [1.82, 2.24) is 0 Å². The second-order valence-electron chi connectivity index (χ2n) is 3.94. The number of nitrogens with zero attached hydrogens (tertiary/aromatic N) is 1. The van der Waals surface area contributed by atoms with Crippen LogP contribution in [0.25, 0.3) is 0 Å². The van der Waals surface area contributed by atoms with Crippen LogP contribution in [0.5, 0.6) is 5.75 Å². The number of rotatable bonds is 4. The van der Waals surface area contributed by atoms with Crippen LogP contribution in [0, 0.1) is 11.3 Å². The summed E-state index contributed by atoms with van der Waals surface area (Å²) in [4.78, 5) is 0. The molecule has 0 unspecified atom stereocenters. The van der Waals surface area contributed by atoms with E-state index in [1.165, 1.54) is 0 Å². The highest BCUT2D eigenvalue weighted by molar-refractivity contribution is 9.10. The third kappa shape index (κ3) is 3.50. The van der Waals surface area contributed by atoms with E-state index < -0.39 is 0 Å². The molecule has 96 valence electrons. The van der Waals surface area contributed by atoms with E-state index in [0.717, 1.165) is 21.3 Å². The van der Waals surface area contributed by atoms with Crippen LogP contribution in [0.3, 0.4) is 0 Å². The number of nitriles is 1. The SMILES string of the molecule is N#Cc1ccccc1COc1ccc(Br)c(CCl)c1. The molecule has 0 aliphatic rings. The highest BCUT2D eigenvalue weighted by Crippen LogP contribution is 2.24. The molecule has 0 radical (unpaired) electrons. The molecule has 0 aromatic heterocycles. The van der Waals surface area contributed by atoms with Gasteiger partial charge < -0.3 is 4.74 Å². The van der Waals surface area contributed by atoms with Gasteiger partial charge in [-0.05, 0) is 29.8 Å². The lowest BCUT2D eigenvalue weighted by Gasteiger charge is -2.09. The maximum Gasteiger partial charge on any atom is 0.120 e. The van der Waals surface area contributed by atoms with Gasteiger partial charge in [0.25, 0.3) is 0 Å². The summed E-state index contributed by atoms with van der Waals surface area (Å²) in [7, 11) is 0. The Labute approximate surface area is 125 Å². The molecule has 2 aromatic carbocycles. The molecule has 0 amide bonds. The number of hydrogen-bond acceptors (Lipinski definition) is 2. The Bertz CT molecular complexity index is 622. The highest BCUT2D eigenvalue weighted by atomic mass is 79.9. The fraction of sp³-hybridized carbons (Fsp3) is 0.133. The predicted molar refractivity (Wildman–Crippen MR) is 79.2 cm³/mol. The van der Waals surface area contributed by atoms with E-state index in [9.17, 15) is 0 Å². The number of halogens is 2. The fourth-order valence-electron chi connectivity index (χ4n) is 1.66. The third-order valence-corrected chi connectivity index (χ3v) is 3.75. The lowest BCUT2D eigenvalue weighted by molar-refractivity contribution is 0.305. The molecule has 2 aromatic rings. The van der Waals surface area contributed by atoms with E-state index in [1.54, 1.807) is 6.07 Å². The molecule has 0 spiro atoms. The second-order valence-corrected chi connectivity index (χ2v) is 5.07. The number of benzene rings is 2. The van der Waals surface area contributed by atoms with Gasteiger partial charge in [-0.2, -0.15) is 5.26 Å². The molecule has 0 saturated carbocycles. The minimum atomic E-state index is 0.368. The van der Waals surface area contributed by atoms with E-state index in [4.69, 9.17) is 21.6 Å². The van der Waals surface area contributed by atoms with E-state index in [-0.39, 0.29) is 0 Å². The third-order valence-electron chi connectivity index (χ3n) is 2.69. The highest BCUT2D eigenvalue weighted by Gasteiger charge is 2.04. The summed E-state index contributed by atoms with van der Waals surface area (Å²) < 4.78 is 6.67. The van der Waals surface area contributed by atoms with Crippen LogP contribution >= 0.6 is 27.5 Å². The summed E-state index contributed by atoms with van der Waals surface area (Å²) in [6, 6.07) is 15.2. The summed E-state index contributed by atoms with van der Waals surface area (Å²) in [5.41, 5.74) is 2.49. The molecule has 0 fully saturated rings. The molecule has 0 saturated heterocycles. The zero-order chi connectivity index (χ0) is 13.7. The van der Waals surface area contributed by atoms with Crippen molar-refractivity contribution >= 4 is 27.5 Å². The number of ether oxygens (including phenoxy) is 1. The minimum absolute atomic E-state index is 0.368. The molecule has 0 atom stereocenters. The van der Waals surface area contributed by atoms with Crippen molar-refractivity contribution in [3.05, 3.63) is 63.6 Å². The van der Waals surface area contributed by atoms with E-state index in [2.05, 4.69) is 22.0 Å². The average molecular weight is 337 g/mol. The molecule has 0 N–H and O–H groups in total. The lowest BCUT2D eigenvalue weighted by atomic mass is 10.1. The van der Waals surface area contributed by atoms with Gasteiger partial charge in [0.05, 0.1) is 11.6 Å². The summed E-state index contributed by atoms with van der Waals surface area (Å²) in [6.07, 6.45) is 0. The van der Waals surface area contributed by atoms with Gasteiger partial charge in [0.1, 0.15) is 12.4 Å². The van der Waals surface area contributed by atoms with Crippen molar-refractivity contribution in [2.24, 2.45) is 0 Å². The van der Waals surface area contributed by atoms with Crippen molar-refractivity contribution in [2.45, 2.75) is 12.5 Å². The molecule has 19 heavy (non-hydrogen) atoms. The Morgan fingerprint density at radius 3 is 2.68 bits per heavy atom. The van der Waals surface area contributed by atoms with E-state index in [1.807, 2.05) is 36.4 Å². The van der Waals surface area contributed by atoms with Crippen LogP contribution in [0.15, 0.2) is 46.9 Å². The van der Waals surface area contributed by atoms with Gasteiger partial charge in [-0.25, -0.2) is 0 Å². The quantitative estimate of drug-likeness (QED) is 0.762. The van der Waals surface area contributed by atoms with Crippen LogP contribution in [0.2, 0.25) is 0 Å². The lowest BCUT2D eigenvalue weighted by Crippen LogP contribution is -1.98. The van der Waals surface area contributed by atoms with Gasteiger partial charge in [-0.1, -0.05) is 34.1 Å². The number of hydrogen-bond donors (Lipinski definition) is 0. The molecule has 4 heteroatoms. The van der Waals surface area contributed by atoms with Gasteiger partial charge >= 0.3 is 0 Å². The van der Waals surface area contributed by atoms with Gasteiger partial charge in [-0.3, -0.25) is 0 Å². The van der Waals surface area contributed by atoms with Crippen LogP contribution in [0.4, 0.5) is 0 Å². The van der Waals surface area contributed by atoms with Crippen LogP contribution in [-0.4, -0.2) is 0 Å². The van der Waals surface area contributed by atoms with Crippen molar-refractivity contribution in [1.29, 1.82) is 5.26 Å². The zero-order valence-corrected chi connectivity index (χ0v) is 12.4. The zero-order valence-electron chi connectivity index (χ0n) is 10.1. The average Bonchev–Trinajstić information content (AvgIpc) is 2.46. The summed E-state index contributed by atoms with van der Waals surface area (Å²) in [6.45, 7) is 0.368. The first-order valence-electron chi connectivity index (χ1n) is 5.70. The first-order valence-corrected chi connectivity index (χ1v) is 7.02. The van der Waals surface area contributed by atoms with Crippen molar-refractivity contribution in [2.75, 3.05) is 0 Å². The Kier molecular flexibility index (Phi) is 4.84. The summed E-state index contributed by atoms with van der Waals surface area (Å²) >= 11 is 9.27. The molecule has 0 heterocycles. The van der Waals surface area contributed by atoms with Crippen LogP contribution in [0.1, 0.15) is 16.7 Å². The first-order chi connectivity index (χ1) is 9.24. The maximum absolute atomic E-state index is 9.00. The van der Waals surface area contributed by atoms with Gasteiger partial charge in [0.2, 0.25) is 0 Å². The Balaban J connectivity index is 2.13. The smallest absolute Gasteiger partial charge is 0.120 e. The Hall–Kier alpha value is -1.50. The molecular formula is C15H11BrClNO. The number of alkyl halides is 1. The standard InChI is InChI=1S/C15H11BrClNO/c16-15-6-5-14(7-13(15)8-17)19-10-12-4-2-1-3-11(12)9-18/h1-7H,8,10H2. The molecular weight excluding hydrogens is 326 g/mol. The predicted octanol–water partition coefficient (Wildman–Crippen LogP) is 4.64. The van der Waals surface area contributed by atoms with Crippen LogP contribution in [-0.2, 0) is 12.5 Å². The van der Waals surface area contributed by atoms with E-state index in [0.29, 0.717) is 18.1 Å². The van der Waals surface area contributed by atoms with Crippen molar-refractivity contribution < 1.29 is 4.74 Å². The minimum Gasteiger partial charge on any atom is -0.489 e. The normalized spacial score (nSPS) is 9.95. The summed E-state index contributed by atoms with van der Waals surface area (Å²) in [5.74, 6) is 1.17. The second kappa shape index (κ2) is 6.60. The Morgan fingerprint density at radius 1 is 1.16 bits per heavy atom. The van der Waals surface area contributed by atoms with E-state index >= 15 is 0 Å². The molecule has 0 bridgehead atoms. The Morgan fingerprint density at radius 2 is 1.95 bits per heavy atom. The maximum atomic E-state index is 9.00. The van der Waals surface area contributed by atoms with Crippen molar-refractivity contribution in [3.63, 3.8) is 0 Å². The first kappa shape index (κ1) is 13.9. The van der Waals surface area contributed by atoms with Crippen molar-refractivity contribution in [3.8, 4) is 11.8 Å². The van der Waals surface area contributed by atoms with Gasteiger partial charge in [0.15, 0.2) is 0 Å². The summed E-state index contributed by atoms with van der Waals surface area (Å²) in [5, 5.41) is 9.00. The largest absolute Gasteiger partial charge is 0.489 e. The molecule has 0 aliphatic heterocycles.